The van der Waals surface area contributed by atoms with Crippen molar-refractivity contribution in [3.05, 3.63) is 0 Å². The van der Waals surface area contributed by atoms with Crippen molar-refractivity contribution >= 4 is 0 Å². The Morgan fingerprint density at radius 1 is 1.00 bits per heavy atom. The van der Waals surface area contributed by atoms with Gasteiger partial charge in [-0.25, -0.2) is 0 Å². The van der Waals surface area contributed by atoms with Crippen LogP contribution in [0.3, 0.4) is 0 Å². The van der Waals surface area contributed by atoms with Crippen LogP contribution in [0.5, 0.6) is 0 Å². The molecule has 0 saturated heterocycles. The Labute approximate surface area is 77.6 Å². The normalized spacial score (nSPS) is 0. The van der Waals surface area contributed by atoms with Crippen molar-refractivity contribution in [2.75, 3.05) is 0 Å². The fourth-order valence-electron chi connectivity index (χ4n) is 0. The third-order valence-electron chi connectivity index (χ3n) is 0. The van der Waals surface area contributed by atoms with E-state index in [1.807, 2.05) is 0 Å². The van der Waals surface area contributed by atoms with Crippen LogP contribution in [0.25, 0.3) is 0 Å². The molecule has 0 saturated carbocycles. The second-order valence-corrected chi connectivity index (χ2v) is 0. The number of hydrogen-bond donors (Lipinski definition) is 0. The van der Waals surface area contributed by atoms with Crippen LogP contribution in [0.1, 0.15) is 1.43 Å². The van der Waals surface area contributed by atoms with Crippen LogP contribution >= 0.6 is 0 Å². The van der Waals surface area contributed by atoms with Crippen LogP contribution in [0.15, 0.2) is 0 Å². The van der Waals surface area contributed by atoms with Gasteiger partial charge >= 0.3 is 18.9 Å². The molecule has 0 N–H and O–H groups in total. The second-order valence-electron chi connectivity index (χ2n) is 0. The summed E-state index contributed by atoms with van der Waals surface area (Å²) >= 11 is 0. The smallest absolute Gasteiger partial charge is 1.00 e. The SMILES string of the molecule is F.F.[Eu].[H-].[Li+]. The van der Waals surface area contributed by atoms with Crippen molar-refractivity contribution in [1.82, 2.24) is 0 Å². The molecule has 0 atom stereocenters. The largest absolute Gasteiger partial charge is 1.00 e. The Balaban J connectivity index is 0. The first-order valence-corrected chi connectivity index (χ1v) is 0. The Hall–Kier alpha value is 2.04. The zero-order valence-corrected chi connectivity index (χ0v) is 4.62. The fraction of sp³-hybridized carbons (Fsp3) is 0. The van der Waals surface area contributed by atoms with Gasteiger partial charge in [-0.1, -0.05) is 0 Å². The zero-order chi connectivity index (χ0) is 0. The van der Waals surface area contributed by atoms with Gasteiger partial charge in [0.1, 0.15) is 0 Å². The summed E-state index contributed by atoms with van der Waals surface area (Å²) < 4.78 is 0. The van der Waals surface area contributed by atoms with Gasteiger partial charge in [-0.05, 0) is 0 Å². The minimum absolute atomic E-state index is 0. The molecule has 0 unspecified atom stereocenters. The van der Waals surface area contributed by atoms with Crippen molar-refractivity contribution in [3.8, 4) is 0 Å². The molecule has 0 heterocycles. The summed E-state index contributed by atoms with van der Waals surface area (Å²) in [5.74, 6) is 0. The molecule has 0 aliphatic rings. The molecule has 0 rings (SSSR count). The van der Waals surface area contributed by atoms with Crippen LogP contribution in [-0.2, 0) is 0 Å². The predicted molar refractivity (Wildman–Crippen MR) is 6.12 cm³/mol. The van der Waals surface area contributed by atoms with E-state index in [4.69, 9.17) is 0 Å². The van der Waals surface area contributed by atoms with E-state index in [-0.39, 0.29) is 79.1 Å². The maximum atomic E-state index is 0. The standard InChI is InChI=1S/Eu.2FH.Li.H/h;2*1H;;/q;;;+1;-1. The molecule has 4 heavy (non-hydrogen) atoms. The topological polar surface area (TPSA) is 0 Å². The average molecular weight is 200 g/mol. The molecule has 25 valence electrons. The van der Waals surface area contributed by atoms with Crippen LogP contribution in [0.2, 0.25) is 0 Å². The molecule has 0 nitrogen and oxygen atoms in total. The summed E-state index contributed by atoms with van der Waals surface area (Å²) in [5.41, 5.74) is 0. The summed E-state index contributed by atoms with van der Waals surface area (Å²) in [6.45, 7) is 0. The van der Waals surface area contributed by atoms with E-state index >= 15 is 0 Å². The van der Waals surface area contributed by atoms with Crippen LogP contribution in [0.4, 0.5) is 9.41 Å². The van der Waals surface area contributed by atoms with Crippen molar-refractivity contribution in [3.63, 3.8) is 0 Å². The minimum Gasteiger partial charge on any atom is -1.00 e. The summed E-state index contributed by atoms with van der Waals surface area (Å²) in [6, 6.07) is 0. The first-order chi connectivity index (χ1) is 0. The first-order valence-electron chi connectivity index (χ1n) is 0. The Bertz CT molecular complexity index is 9.61. The van der Waals surface area contributed by atoms with Gasteiger partial charge < -0.3 is 1.43 Å². The van der Waals surface area contributed by atoms with Crippen molar-refractivity contribution < 1.29 is 79.1 Å². The third kappa shape index (κ3) is 8.97. The van der Waals surface area contributed by atoms with E-state index in [1.54, 1.807) is 0 Å². The number of hydrogen-bond acceptors (Lipinski definition) is 0. The molecule has 4 heteroatoms. The first kappa shape index (κ1) is 36.8. The average Bonchev–Trinajstić information content (AvgIpc) is 0. The molecule has 0 aromatic carbocycles. The Morgan fingerprint density at radius 2 is 1.00 bits per heavy atom. The van der Waals surface area contributed by atoms with E-state index in [9.17, 15) is 0 Å². The van der Waals surface area contributed by atoms with E-state index in [1.165, 1.54) is 0 Å². The predicted octanol–water partition coefficient (Wildman–Crippen LogP) is -2.58. The maximum Gasteiger partial charge on any atom is 1.00 e. The molecule has 0 bridgehead atoms. The molecule has 0 amide bonds. The minimum atomic E-state index is 0. The quantitative estimate of drug-likeness (QED) is 0.377. The molecule has 0 aromatic rings. The Kier molecular flexibility index (Phi) is 182. The van der Waals surface area contributed by atoms with Gasteiger partial charge in [0.05, 0.1) is 0 Å². The summed E-state index contributed by atoms with van der Waals surface area (Å²) in [4.78, 5) is 0. The van der Waals surface area contributed by atoms with Crippen molar-refractivity contribution in [2.24, 2.45) is 0 Å². The summed E-state index contributed by atoms with van der Waals surface area (Å²) in [7, 11) is 0. The van der Waals surface area contributed by atoms with Gasteiger partial charge in [-0.15, -0.1) is 0 Å². The summed E-state index contributed by atoms with van der Waals surface area (Å²) in [5, 5.41) is 0. The molecular formula is H3EuF2Li. The molecule has 0 aliphatic carbocycles. The second kappa shape index (κ2) is 19.8. The van der Waals surface area contributed by atoms with E-state index in [0.29, 0.717) is 0 Å². The van der Waals surface area contributed by atoms with Gasteiger partial charge in [0.2, 0.25) is 0 Å². The van der Waals surface area contributed by atoms with Gasteiger partial charge in [-0.2, -0.15) is 0 Å². The molecule has 0 spiro atoms. The molecule has 1 radical (unpaired) electrons. The van der Waals surface area contributed by atoms with Crippen molar-refractivity contribution in [2.45, 2.75) is 0 Å². The monoisotopic (exact) mass is 201 g/mol. The van der Waals surface area contributed by atoms with E-state index in [0.717, 1.165) is 0 Å². The Morgan fingerprint density at radius 3 is 1.00 bits per heavy atom. The van der Waals surface area contributed by atoms with Crippen LogP contribution < -0.4 is 18.9 Å². The van der Waals surface area contributed by atoms with Gasteiger partial charge in [0.15, 0.2) is 0 Å². The zero-order valence-electron chi connectivity index (χ0n) is 3.19. The van der Waals surface area contributed by atoms with Gasteiger partial charge in [-0.3, -0.25) is 9.41 Å². The van der Waals surface area contributed by atoms with E-state index in [2.05, 4.69) is 0 Å². The van der Waals surface area contributed by atoms with Gasteiger partial charge in [0, 0.05) is 49.4 Å². The van der Waals surface area contributed by atoms with Crippen molar-refractivity contribution in [1.29, 1.82) is 0 Å². The number of halogens is 2. The van der Waals surface area contributed by atoms with Crippen LogP contribution in [-0.4, -0.2) is 0 Å². The molecule has 0 aromatic heterocycles. The van der Waals surface area contributed by atoms with E-state index < -0.39 is 0 Å². The van der Waals surface area contributed by atoms with Gasteiger partial charge in [0.25, 0.3) is 0 Å². The fourth-order valence-corrected chi connectivity index (χ4v) is 0. The summed E-state index contributed by atoms with van der Waals surface area (Å²) in [6.07, 6.45) is 0. The number of rotatable bonds is 0. The molecular weight excluding hydrogens is 197 g/mol. The van der Waals surface area contributed by atoms with Crippen LogP contribution in [0, 0.1) is 49.4 Å². The maximum absolute atomic E-state index is 0. The third-order valence-corrected chi connectivity index (χ3v) is 0. The molecule has 0 aliphatic heterocycles. The molecule has 0 fully saturated rings.